The van der Waals surface area contributed by atoms with Crippen LogP contribution < -0.4 is 5.32 Å². The van der Waals surface area contributed by atoms with Crippen molar-refractivity contribution in [3.63, 3.8) is 0 Å². The first-order valence-electron chi connectivity index (χ1n) is 6.98. The minimum atomic E-state index is -0.317. The van der Waals surface area contributed by atoms with Crippen LogP contribution in [0.25, 0.3) is 0 Å². The number of rotatable bonds is 3. The number of carbonyl (C=O) groups excluding carboxylic acids is 1. The third kappa shape index (κ3) is 2.69. The first kappa shape index (κ1) is 13.8. The summed E-state index contributed by atoms with van der Waals surface area (Å²) in [7, 11) is 1.69. The smallest absolute Gasteiger partial charge is 0.232 e. The molecule has 0 saturated carbocycles. The van der Waals surface area contributed by atoms with Gasteiger partial charge in [-0.3, -0.25) is 4.79 Å². The fourth-order valence-electron chi connectivity index (χ4n) is 3.32. The van der Waals surface area contributed by atoms with Gasteiger partial charge in [-0.1, -0.05) is 13.8 Å². The number of hydrogen-bond acceptors (Lipinski definition) is 3. The first-order chi connectivity index (χ1) is 8.49. The van der Waals surface area contributed by atoms with Crippen molar-refractivity contribution in [2.75, 3.05) is 39.9 Å². The largest absolute Gasteiger partial charge is 0.384 e. The fraction of sp³-hybridized carbons (Fsp3) is 0.929. The minimum absolute atomic E-state index is 0.258. The van der Waals surface area contributed by atoms with E-state index >= 15 is 0 Å². The summed E-state index contributed by atoms with van der Waals surface area (Å²) in [5.74, 6) is 0.294. The van der Waals surface area contributed by atoms with E-state index in [1.54, 1.807) is 7.11 Å². The summed E-state index contributed by atoms with van der Waals surface area (Å²) in [6, 6.07) is 0. The van der Waals surface area contributed by atoms with E-state index in [1.807, 2.05) is 0 Å². The Morgan fingerprint density at radius 3 is 2.72 bits per heavy atom. The molecule has 0 bridgehead atoms. The second-order valence-electron chi connectivity index (χ2n) is 6.63. The van der Waals surface area contributed by atoms with Crippen LogP contribution in [0.1, 0.15) is 33.1 Å². The molecule has 4 nitrogen and oxygen atoms in total. The Balaban J connectivity index is 2.09. The van der Waals surface area contributed by atoms with E-state index in [9.17, 15) is 4.79 Å². The van der Waals surface area contributed by atoms with Gasteiger partial charge in [-0.25, -0.2) is 0 Å². The lowest BCUT2D eigenvalue weighted by Gasteiger charge is -2.42. The van der Waals surface area contributed by atoms with Crippen LogP contribution in [0.4, 0.5) is 0 Å². The number of ether oxygens (including phenoxy) is 1. The first-order valence-corrected chi connectivity index (χ1v) is 6.98. The number of likely N-dealkylation sites (tertiary alicyclic amines) is 1. The summed E-state index contributed by atoms with van der Waals surface area (Å²) in [6.45, 7) is 8.52. The van der Waals surface area contributed by atoms with Crippen molar-refractivity contribution in [2.45, 2.75) is 33.1 Å². The highest BCUT2D eigenvalue weighted by Gasteiger charge is 2.45. The molecule has 1 atom stereocenters. The maximum atomic E-state index is 12.8. The van der Waals surface area contributed by atoms with Crippen LogP contribution in [0.5, 0.6) is 0 Å². The van der Waals surface area contributed by atoms with E-state index in [2.05, 4.69) is 24.1 Å². The Morgan fingerprint density at radius 1 is 1.39 bits per heavy atom. The molecule has 0 spiro atoms. The van der Waals surface area contributed by atoms with Crippen molar-refractivity contribution < 1.29 is 9.53 Å². The van der Waals surface area contributed by atoms with Crippen LogP contribution in [0, 0.1) is 10.8 Å². The molecule has 18 heavy (non-hydrogen) atoms. The average molecular weight is 254 g/mol. The van der Waals surface area contributed by atoms with E-state index in [0.29, 0.717) is 12.5 Å². The van der Waals surface area contributed by atoms with Crippen LogP contribution in [-0.2, 0) is 9.53 Å². The standard InChI is InChI=1S/C14H26N2O2/c1-13(2)5-4-8-16(10-13)12(17)14(11-18-3)6-7-15-9-14/h15H,4-11H2,1-3H3. The predicted octanol–water partition coefficient (Wildman–Crippen LogP) is 1.26. The van der Waals surface area contributed by atoms with Gasteiger partial charge in [0.25, 0.3) is 0 Å². The molecule has 0 aliphatic carbocycles. The summed E-state index contributed by atoms with van der Waals surface area (Å²) >= 11 is 0. The molecule has 1 amide bonds. The predicted molar refractivity (Wildman–Crippen MR) is 71.4 cm³/mol. The van der Waals surface area contributed by atoms with Gasteiger partial charge in [-0.05, 0) is 31.2 Å². The molecule has 2 saturated heterocycles. The Hall–Kier alpha value is -0.610. The monoisotopic (exact) mass is 254 g/mol. The topological polar surface area (TPSA) is 41.6 Å². The zero-order chi connectivity index (χ0) is 13.2. The molecule has 2 heterocycles. The number of carbonyl (C=O) groups is 1. The van der Waals surface area contributed by atoms with E-state index in [-0.39, 0.29) is 10.8 Å². The number of piperidine rings is 1. The van der Waals surface area contributed by atoms with Crippen LogP contribution in [0.15, 0.2) is 0 Å². The zero-order valence-corrected chi connectivity index (χ0v) is 11.9. The van der Waals surface area contributed by atoms with Gasteiger partial charge in [0.05, 0.1) is 12.0 Å². The quantitative estimate of drug-likeness (QED) is 0.824. The number of nitrogens with zero attached hydrogens (tertiary/aromatic N) is 1. The summed E-state index contributed by atoms with van der Waals surface area (Å²) in [4.78, 5) is 14.9. The zero-order valence-electron chi connectivity index (χ0n) is 11.9. The maximum absolute atomic E-state index is 12.8. The van der Waals surface area contributed by atoms with Gasteiger partial charge in [0.2, 0.25) is 5.91 Å². The Morgan fingerprint density at radius 2 is 2.17 bits per heavy atom. The van der Waals surface area contributed by atoms with Gasteiger partial charge >= 0.3 is 0 Å². The summed E-state index contributed by atoms with van der Waals surface area (Å²) in [5, 5.41) is 3.31. The molecule has 1 N–H and O–H groups in total. The molecule has 0 aromatic carbocycles. The van der Waals surface area contributed by atoms with E-state index in [4.69, 9.17) is 4.74 Å². The summed E-state index contributed by atoms with van der Waals surface area (Å²) < 4.78 is 5.31. The molecular weight excluding hydrogens is 228 g/mol. The molecule has 104 valence electrons. The molecule has 4 heteroatoms. The lowest BCUT2D eigenvalue weighted by molar-refractivity contribution is -0.147. The highest BCUT2D eigenvalue weighted by atomic mass is 16.5. The van der Waals surface area contributed by atoms with Crippen LogP contribution in [-0.4, -0.2) is 50.7 Å². The maximum Gasteiger partial charge on any atom is 0.232 e. The van der Waals surface area contributed by atoms with E-state index in [1.165, 1.54) is 6.42 Å². The van der Waals surface area contributed by atoms with Crippen molar-refractivity contribution in [1.82, 2.24) is 10.2 Å². The van der Waals surface area contributed by atoms with Gasteiger partial charge < -0.3 is 15.0 Å². The van der Waals surface area contributed by atoms with E-state index < -0.39 is 0 Å². The molecular formula is C14H26N2O2. The molecule has 2 rings (SSSR count). The molecule has 0 radical (unpaired) electrons. The minimum Gasteiger partial charge on any atom is -0.384 e. The molecule has 2 aliphatic heterocycles. The van der Waals surface area contributed by atoms with Crippen LogP contribution >= 0.6 is 0 Å². The average Bonchev–Trinajstić information content (AvgIpc) is 2.77. The molecule has 2 fully saturated rings. The normalized spacial score (nSPS) is 31.6. The molecule has 0 aromatic heterocycles. The highest BCUT2D eigenvalue weighted by Crippen LogP contribution is 2.34. The number of hydrogen-bond donors (Lipinski definition) is 1. The summed E-state index contributed by atoms with van der Waals surface area (Å²) in [5.41, 5.74) is -0.0592. The van der Waals surface area contributed by atoms with Crippen LogP contribution in [0.3, 0.4) is 0 Å². The molecule has 0 aromatic rings. The van der Waals surface area contributed by atoms with Crippen molar-refractivity contribution in [3.05, 3.63) is 0 Å². The number of methoxy groups -OCH3 is 1. The fourth-order valence-corrected chi connectivity index (χ4v) is 3.32. The third-order valence-corrected chi connectivity index (χ3v) is 4.31. The Kier molecular flexibility index (Phi) is 3.97. The Labute approximate surface area is 110 Å². The number of nitrogens with one attached hydrogen (secondary N) is 1. The van der Waals surface area contributed by atoms with Gasteiger partial charge in [-0.15, -0.1) is 0 Å². The van der Waals surface area contributed by atoms with Crippen molar-refractivity contribution >= 4 is 5.91 Å². The van der Waals surface area contributed by atoms with Crippen molar-refractivity contribution in [3.8, 4) is 0 Å². The van der Waals surface area contributed by atoms with Crippen LogP contribution in [0.2, 0.25) is 0 Å². The van der Waals surface area contributed by atoms with Gasteiger partial charge in [0.15, 0.2) is 0 Å². The molecule has 2 aliphatic rings. The highest BCUT2D eigenvalue weighted by molar-refractivity contribution is 5.83. The van der Waals surface area contributed by atoms with Crippen molar-refractivity contribution in [2.24, 2.45) is 10.8 Å². The van der Waals surface area contributed by atoms with Gasteiger partial charge in [0.1, 0.15) is 0 Å². The lowest BCUT2D eigenvalue weighted by atomic mass is 9.81. The Bertz CT molecular complexity index is 309. The van der Waals surface area contributed by atoms with Crippen molar-refractivity contribution in [1.29, 1.82) is 0 Å². The van der Waals surface area contributed by atoms with E-state index in [0.717, 1.165) is 39.0 Å². The van der Waals surface area contributed by atoms with Gasteiger partial charge in [0, 0.05) is 26.7 Å². The number of amides is 1. The lowest BCUT2D eigenvalue weighted by Crippen LogP contribution is -2.52. The molecule has 1 unspecified atom stereocenters. The SMILES string of the molecule is COCC1(C(=O)N2CCCC(C)(C)C2)CCNC1. The van der Waals surface area contributed by atoms with Gasteiger partial charge in [-0.2, -0.15) is 0 Å². The summed E-state index contributed by atoms with van der Waals surface area (Å²) in [6.07, 6.45) is 3.23. The second kappa shape index (κ2) is 5.17. The third-order valence-electron chi connectivity index (χ3n) is 4.31. The second-order valence-corrected chi connectivity index (χ2v) is 6.63.